The van der Waals surface area contributed by atoms with Crippen molar-refractivity contribution in [2.24, 2.45) is 0 Å². The Labute approximate surface area is 74.5 Å². The molecule has 0 aliphatic rings. The summed E-state index contributed by atoms with van der Waals surface area (Å²) in [6.45, 7) is 2.30. The Balaban J connectivity index is 2.69. The topological polar surface area (TPSA) is 24.1 Å². The second-order valence-electron chi connectivity index (χ2n) is 2.53. The van der Waals surface area contributed by atoms with Crippen molar-refractivity contribution < 1.29 is 0 Å². The summed E-state index contributed by atoms with van der Waals surface area (Å²) in [5, 5.41) is 6.29. The first-order valence-corrected chi connectivity index (χ1v) is 5.44. The van der Waals surface area contributed by atoms with Crippen molar-refractivity contribution in [3.05, 3.63) is 0 Å². The summed E-state index contributed by atoms with van der Waals surface area (Å²) in [5.74, 6) is 2.59. The zero-order chi connectivity index (χ0) is 8.36. The van der Waals surface area contributed by atoms with Gasteiger partial charge in [-0.3, -0.25) is 0 Å². The Kier molecular flexibility index (Phi) is 10.5. The van der Waals surface area contributed by atoms with Crippen LogP contribution < -0.4 is 10.6 Å². The van der Waals surface area contributed by atoms with Crippen molar-refractivity contribution in [3.8, 4) is 0 Å². The zero-order valence-electron chi connectivity index (χ0n) is 7.65. The number of hydrogen-bond acceptors (Lipinski definition) is 3. The number of rotatable bonds is 8. The van der Waals surface area contributed by atoms with E-state index in [0.717, 1.165) is 13.1 Å². The van der Waals surface area contributed by atoms with E-state index in [1.165, 1.54) is 24.3 Å². The van der Waals surface area contributed by atoms with Crippen molar-refractivity contribution >= 4 is 11.8 Å². The maximum absolute atomic E-state index is 3.14. The van der Waals surface area contributed by atoms with Gasteiger partial charge in [-0.25, -0.2) is 0 Å². The molecule has 0 saturated carbocycles. The lowest BCUT2D eigenvalue weighted by Crippen LogP contribution is -2.09. The third-order valence-electron chi connectivity index (χ3n) is 1.43. The van der Waals surface area contributed by atoms with E-state index in [-0.39, 0.29) is 0 Å². The molecule has 3 heteroatoms. The Bertz CT molecular complexity index is 61.1. The smallest absolute Gasteiger partial charge is 0.00441 e. The Hall–Kier alpha value is 0.270. The highest BCUT2D eigenvalue weighted by atomic mass is 32.2. The molecule has 0 rings (SSSR count). The molecule has 0 saturated heterocycles. The van der Waals surface area contributed by atoms with Crippen LogP contribution in [0.5, 0.6) is 0 Å². The van der Waals surface area contributed by atoms with E-state index in [1.54, 1.807) is 0 Å². The normalized spacial score (nSPS) is 10.4. The monoisotopic (exact) mass is 176 g/mol. The summed E-state index contributed by atoms with van der Waals surface area (Å²) < 4.78 is 0. The number of thioether (sulfide) groups is 1. The summed E-state index contributed by atoms with van der Waals surface area (Å²) in [6, 6.07) is 0. The molecule has 0 heterocycles. The van der Waals surface area contributed by atoms with Crippen molar-refractivity contribution in [1.82, 2.24) is 10.6 Å². The highest BCUT2D eigenvalue weighted by molar-refractivity contribution is 7.99. The van der Waals surface area contributed by atoms with Gasteiger partial charge >= 0.3 is 0 Å². The SMILES string of the molecule is CNCCCSCCCNC. The quantitative estimate of drug-likeness (QED) is 0.538. The molecule has 2 nitrogen and oxygen atoms in total. The third-order valence-corrected chi connectivity index (χ3v) is 2.59. The molecule has 2 N–H and O–H groups in total. The van der Waals surface area contributed by atoms with Crippen LogP contribution in [0.15, 0.2) is 0 Å². The van der Waals surface area contributed by atoms with E-state index in [9.17, 15) is 0 Å². The first-order chi connectivity index (χ1) is 5.41. The third kappa shape index (κ3) is 10.3. The molecule has 0 aromatic heterocycles. The molecule has 0 spiro atoms. The Morgan fingerprint density at radius 3 is 1.73 bits per heavy atom. The van der Waals surface area contributed by atoms with Crippen LogP contribution in [-0.4, -0.2) is 38.7 Å². The standard InChI is InChI=1S/C8H20N2S/c1-9-5-3-7-11-8-4-6-10-2/h9-10H,3-8H2,1-2H3. The minimum absolute atomic E-state index is 1.15. The molecule has 0 radical (unpaired) electrons. The number of nitrogens with one attached hydrogen (secondary N) is 2. The molecule has 0 atom stereocenters. The molecule has 68 valence electrons. The van der Waals surface area contributed by atoms with Crippen LogP contribution in [0.1, 0.15) is 12.8 Å². The summed E-state index contributed by atoms with van der Waals surface area (Å²) in [6.07, 6.45) is 2.58. The van der Waals surface area contributed by atoms with Gasteiger partial charge in [-0.1, -0.05) is 0 Å². The fraction of sp³-hybridized carbons (Fsp3) is 1.00. The van der Waals surface area contributed by atoms with Gasteiger partial charge in [0.25, 0.3) is 0 Å². The predicted octanol–water partition coefficient (Wildman–Crippen LogP) is 0.939. The van der Waals surface area contributed by atoms with Gasteiger partial charge in [-0.2, -0.15) is 11.8 Å². The highest BCUT2D eigenvalue weighted by Gasteiger charge is 1.88. The van der Waals surface area contributed by atoms with Gasteiger partial charge in [0.05, 0.1) is 0 Å². The molecule has 11 heavy (non-hydrogen) atoms. The van der Waals surface area contributed by atoms with E-state index in [2.05, 4.69) is 22.4 Å². The van der Waals surface area contributed by atoms with Gasteiger partial charge in [0.15, 0.2) is 0 Å². The first kappa shape index (κ1) is 11.3. The lowest BCUT2D eigenvalue weighted by molar-refractivity contribution is 0.769. The van der Waals surface area contributed by atoms with Gasteiger partial charge in [0.1, 0.15) is 0 Å². The fourth-order valence-electron chi connectivity index (χ4n) is 0.804. The van der Waals surface area contributed by atoms with Gasteiger partial charge in [0, 0.05) is 0 Å². The van der Waals surface area contributed by atoms with Crippen LogP contribution in [0.25, 0.3) is 0 Å². The molecular weight excluding hydrogens is 156 g/mol. The molecule has 0 amide bonds. The van der Waals surface area contributed by atoms with Gasteiger partial charge in [-0.15, -0.1) is 0 Å². The number of hydrogen-bond donors (Lipinski definition) is 2. The summed E-state index contributed by atoms with van der Waals surface area (Å²) in [7, 11) is 4.01. The molecule has 0 fully saturated rings. The molecule has 0 unspecified atom stereocenters. The average molecular weight is 176 g/mol. The maximum atomic E-state index is 3.14. The second-order valence-corrected chi connectivity index (χ2v) is 3.75. The summed E-state index contributed by atoms with van der Waals surface area (Å²) in [4.78, 5) is 0. The van der Waals surface area contributed by atoms with Crippen LogP contribution in [0.3, 0.4) is 0 Å². The molecule has 0 aromatic rings. The lowest BCUT2D eigenvalue weighted by atomic mass is 10.5. The van der Waals surface area contributed by atoms with Gasteiger partial charge < -0.3 is 10.6 Å². The van der Waals surface area contributed by atoms with Crippen molar-refractivity contribution in [1.29, 1.82) is 0 Å². The minimum atomic E-state index is 1.15. The van der Waals surface area contributed by atoms with E-state index >= 15 is 0 Å². The van der Waals surface area contributed by atoms with Crippen LogP contribution in [0.2, 0.25) is 0 Å². The van der Waals surface area contributed by atoms with Crippen molar-refractivity contribution in [2.75, 3.05) is 38.7 Å². The molecule has 0 bridgehead atoms. The van der Waals surface area contributed by atoms with E-state index in [4.69, 9.17) is 0 Å². The van der Waals surface area contributed by atoms with Crippen LogP contribution in [0.4, 0.5) is 0 Å². The van der Waals surface area contributed by atoms with E-state index in [1.807, 2.05) is 14.1 Å². The predicted molar refractivity (Wildman–Crippen MR) is 54.4 cm³/mol. The first-order valence-electron chi connectivity index (χ1n) is 4.28. The summed E-state index contributed by atoms with van der Waals surface area (Å²) >= 11 is 2.05. The molecule has 0 aromatic carbocycles. The summed E-state index contributed by atoms with van der Waals surface area (Å²) in [5.41, 5.74) is 0. The second kappa shape index (κ2) is 10.3. The minimum Gasteiger partial charge on any atom is -0.320 e. The van der Waals surface area contributed by atoms with Gasteiger partial charge in [0.2, 0.25) is 0 Å². The lowest BCUT2D eigenvalue weighted by Gasteiger charge is -2.00. The van der Waals surface area contributed by atoms with Gasteiger partial charge in [-0.05, 0) is 51.5 Å². The Morgan fingerprint density at radius 1 is 0.909 bits per heavy atom. The van der Waals surface area contributed by atoms with E-state index < -0.39 is 0 Å². The van der Waals surface area contributed by atoms with Crippen molar-refractivity contribution in [2.45, 2.75) is 12.8 Å². The van der Waals surface area contributed by atoms with Crippen LogP contribution in [-0.2, 0) is 0 Å². The molecule has 0 aliphatic carbocycles. The Morgan fingerprint density at radius 2 is 1.36 bits per heavy atom. The molecular formula is C8H20N2S. The van der Waals surface area contributed by atoms with E-state index in [0.29, 0.717) is 0 Å². The van der Waals surface area contributed by atoms with Crippen LogP contribution in [0, 0.1) is 0 Å². The molecule has 0 aliphatic heterocycles. The van der Waals surface area contributed by atoms with Crippen molar-refractivity contribution in [3.63, 3.8) is 0 Å². The fourth-order valence-corrected chi connectivity index (χ4v) is 1.71. The maximum Gasteiger partial charge on any atom is -0.00441 e. The largest absolute Gasteiger partial charge is 0.320 e. The zero-order valence-corrected chi connectivity index (χ0v) is 8.47. The van der Waals surface area contributed by atoms with Crippen LogP contribution >= 0.6 is 11.8 Å². The highest BCUT2D eigenvalue weighted by Crippen LogP contribution is 2.02. The average Bonchev–Trinajstić information content (AvgIpc) is 2.03.